The molecule has 0 aliphatic carbocycles. The molecular weight excluding hydrogens is 466 g/mol. The number of anilines is 1. The molecule has 0 saturated heterocycles. The molecule has 9 nitrogen and oxygen atoms in total. The van der Waals surface area contributed by atoms with E-state index < -0.39 is 5.69 Å². The van der Waals surface area contributed by atoms with Gasteiger partial charge in [0.05, 0.1) is 25.3 Å². The third-order valence-electron chi connectivity index (χ3n) is 5.30. The number of nitrogens with one attached hydrogen (secondary N) is 1. The molecule has 1 N–H and O–H groups in total. The molecule has 0 saturated carbocycles. The SMILES string of the molecule is COc1ccc(NC(=O)Cn2nc3c(Sc4cccc(OC)c4)nc4ccccc4n3c2=O)cc1. The maximum Gasteiger partial charge on any atom is 0.351 e. The number of rotatable bonds is 7. The number of amides is 1. The fraction of sp³-hybridized carbons (Fsp3) is 0.120. The smallest absolute Gasteiger partial charge is 0.351 e. The van der Waals surface area contributed by atoms with Crippen molar-refractivity contribution in [2.24, 2.45) is 0 Å². The molecule has 0 spiro atoms. The largest absolute Gasteiger partial charge is 0.497 e. The highest BCUT2D eigenvalue weighted by Crippen LogP contribution is 2.32. The van der Waals surface area contributed by atoms with Crippen molar-refractivity contribution >= 4 is 40.0 Å². The Kier molecular flexibility index (Phi) is 6.11. The molecule has 35 heavy (non-hydrogen) atoms. The first-order valence-electron chi connectivity index (χ1n) is 10.7. The second kappa shape index (κ2) is 9.51. The number of para-hydroxylation sites is 2. The van der Waals surface area contributed by atoms with Crippen LogP contribution in [-0.2, 0) is 11.3 Å². The predicted octanol–water partition coefficient (Wildman–Crippen LogP) is 3.85. The van der Waals surface area contributed by atoms with Gasteiger partial charge in [-0.05, 0) is 54.6 Å². The molecule has 0 bridgehead atoms. The van der Waals surface area contributed by atoms with Crippen LogP contribution < -0.4 is 20.5 Å². The molecule has 0 aliphatic heterocycles. The first-order valence-corrected chi connectivity index (χ1v) is 11.5. The van der Waals surface area contributed by atoms with E-state index in [1.807, 2.05) is 42.5 Å². The van der Waals surface area contributed by atoms with Gasteiger partial charge in [-0.15, -0.1) is 5.10 Å². The number of hydrogen-bond donors (Lipinski definition) is 1. The summed E-state index contributed by atoms with van der Waals surface area (Å²) >= 11 is 1.37. The Balaban J connectivity index is 1.52. The van der Waals surface area contributed by atoms with Crippen LogP contribution in [0.15, 0.2) is 87.5 Å². The Morgan fingerprint density at radius 1 is 0.971 bits per heavy atom. The molecule has 2 heterocycles. The minimum absolute atomic E-state index is 0.246. The summed E-state index contributed by atoms with van der Waals surface area (Å²) in [5.74, 6) is 1.02. The molecular formula is C25H21N5O4S. The second-order valence-corrected chi connectivity index (χ2v) is 8.62. The lowest BCUT2D eigenvalue weighted by molar-refractivity contribution is -0.117. The van der Waals surface area contributed by atoms with Gasteiger partial charge in [0.1, 0.15) is 23.1 Å². The van der Waals surface area contributed by atoms with Gasteiger partial charge in [0.15, 0.2) is 5.65 Å². The van der Waals surface area contributed by atoms with Crippen molar-refractivity contribution in [1.82, 2.24) is 19.2 Å². The van der Waals surface area contributed by atoms with E-state index in [0.29, 0.717) is 38.9 Å². The third kappa shape index (κ3) is 4.56. The number of aromatic nitrogens is 4. The van der Waals surface area contributed by atoms with E-state index >= 15 is 0 Å². The molecule has 10 heteroatoms. The topological polar surface area (TPSA) is 99.8 Å². The number of methoxy groups -OCH3 is 2. The second-order valence-electron chi connectivity index (χ2n) is 7.56. The van der Waals surface area contributed by atoms with Crippen molar-refractivity contribution in [1.29, 1.82) is 0 Å². The lowest BCUT2D eigenvalue weighted by atomic mass is 10.3. The Hall–Kier alpha value is -4.31. The summed E-state index contributed by atoms with van der Waals surface area (Å²) < 4.78 is 13.1. The summed E-state index contributed by atoms with van der Waals surface area (Å²) in [6.45, 7) is -0.246. The van der Waals surface area contributed by atoms with Crippen molar-refractivity contribution in [3.8, 4) is 11.5 Å². The number of nitrogens with zero attached hydrogens (tertiary/aromatic N) is 4. The Morgan fingerprint density at radius 3 is 2.51 bits per heavy atom. The average Bonchev–Trinajstić information content (AvgIpc) is 3.21. The van der Waals surface area contributed by atoms with E-state index in [1.54, 1.807) is 44.6 Å². The molecule has 0 fully saturated rings. The summed E-state index contributed by atoms with van der Waals surface area (Å²) in [7, 11) is 3.18. The summed E-state index contributed by atoms with van der Waals surface area (Å²) in [5.41, 5.74) is 1.81. The average molecular weight is 488 g/mol. The zero-order chi connectivity index (χ0) is 24.4. The van der Waals surface area contributed by atoms with Crippen LogP contribution in [0.3, 0.4) is 0 Å². The normalized spacial score (nSPS) is 11.0. The number of fused-ring (bicyclic) bond motifs is 3. The number of hydrogen-bond acceptors (Lipinski definition) is 7. The number of carbonyl (C=O) groups is 1. The highest BCUT2D eigenvalue weighted by Gasteiger charge is 2.18. The first kappa shape index (κ1) is 22.5. The van der Waals surface area contributed by atoms with Crippen LogP contribution in [0.4, 0.5) is 5.69 Å². The van der Waals surface area contributed by atoms with Crippen LogP contribution in [-0.4, -0.2) is 39.3 Å². The van der Waals surface area contributed by atoms with Gasteiger partial charge in [-0.3, -0.25) is 4.79 Å². The molecule has 176 valence electrons. The molecule has 5 rings (SSSR count). The van der Waals surface area contributed by atoms with Gasteiger partial charge < -0.3 is 14.8 Å². The number of benzene rings is 3. The van der Waals surface area contributed by atoms with E-state index in [2.05, 4.69) is 10.4 Å². The Morgan fingerprint density at radius 2 is 1.74 bits per heavy atom. The highest BCUT2D eigenvalue weighted by atomic mass is 32.2. The van der Waals surface area contributed by atoms with E-state index in [0.717, 1.165) is 9.58 Å². The Labute approximate surface area is 204 Å². The van der Waals surface area contributed by atoms with Crippen molar-refractivity contribution < 1.29 is 14.3 Å². The zero-order valence-corrected chi connectivity index (χ0v) is 19.8. The van der Waals surface area contributed by atoms with Crippen LogP contribution in [0.25, 0.3) is 16.7 Å². The van der Waals surface area contributed by atoms with Gasteiger partial charge in [-0.1, -0.05) is 30.0 Å². The monoisotopic (exact) mass is 487 g/mol. The van der Waals surface area contributed by atoms with Crippen molar-refractivity contribution in [3.05, 3.63) is 83.3 Å². The fourth-order valence-corrected chi connectivity index (χ4v) is 4.54. The summed E-state index contributed by atoms with van der Waals surface area (Å²) in [5, 5.41) is 7.81. The molecule has 0 atom stereocenters. The minimum Gasteiger partial charge on any atom is -0.497 e. The maximum atomic E-state index is 13.3. The summed E-state index contributed by atoms with van der Waals surface area (Å²) in [6.07, 6.45) is 0. The standard InChI is InChI=1S/C25H21N5O4S/c1-33-17-12-10-16(11-13-17)26-22(31)15-29-25(32)30-21-9-4-3-8-20(21)27-24(23(30)28-29)35-19-7-5-6-18(14-19)34-2/h3-14H,15H2,1-2H3,(H,26,31). The highest BCUT2D eigenvalue weighted by molar-refractivity contribution is 7.99. The van der Waals surface area contributed by atoms with Crippen LogP contribution in [0, 0.1) is 0 Å². The maximum absolute atomic E-state index is 13.3. The van der Waals surface area contributed by atoms with Gasteiger partial charge in [-0.2, -0.15) is 0 Å². The number of carbonyl (C=O) groups excluding carboxylic acids is 1. The van der Waals surface area contributed by atoms with Crippen molar-refractivity contribution in [3.63, 3.8) is 0 Å². The molecule has 1 amide bonds. The summed E-state index contributed by atoms with van der Waals surface area (Å²) in [6, 6.07) is 21.8. The lowest BCUT2D eigenvalue weighted by Crippen LogP contribution is -2.28. The van der Waals surface area contributed by atoms with Gasteiger partial charge in [-0.25, -0.2) is 18.9 Å². The molecule has 0 radical (unpaired) electrons. The van der Waals surface area contributed by atoms with Gasteiger partial charge in [0.25, 0.3) is 0 Å². The van der Waals surface area contributed by atoms with Crippen LogP contribution >= 0.6 is 11.8 Å². The molecule has 5 aromatic rings. The van der Waals surface area contributed by atoms with E-state index in [1.165, 1.54) is 16.2 Å². The van der Waals surface area contributed by atoms with Crippen molar-refractivity contribution in [2.45, 2.75) is 16.5 Å². The summed E-state index contributed by atoms with van der Waals surface area (Å²) in [4.78, 5) is 31.6. The molecule has 2 aromatic heterocycles. The van der Waals surface area contributed by atoms with E-state index in [4.69, 9.17) is 14.5 Å². The zero-order valence-electron chi connectivity index (χ0n) is 19.0. The van der Waals surface area contributed by atoms with Gasteiger partial charge in [0.2, 0.25) is 5.91 Å². The molecule has 0 aliphatic rings. The minimum atomic E-state index is -0.420. The van der Waals surface area contributed by atoms with Crippen LogP contribution in [0.1, 0.15) is 0 Å². The van der Waals surface area contributed by atoms with E-state index in [-0.39, 0.29) is 12.5 Å². The third-order valence-corrected chi connectivity index (χ3v) is 6.25. The van der Waals surface area contributed by atoms with E-state index in [9.17, 15) is 9.59 Å². The molecule has 0 unspecified atom stereocenters. The van der Waals surface area contributed by atoms with Gasteiger partial charge >= 0.3 is 5.69 Å². The first-order chi connectivity index (χ1) is 17.1. The van der Waals surface area contributed by atoms with Gasteiger partial charge in [0, 0.05) is 10.6 Å². The fourth-order valence-electron chi connectivity index (χ4n) is 3.63. The lowest BCUT2D eigenvalue weighted by Gasteiger charge is -2.07. The molecule has 3 aromatic carbocycles. The quantitative estimate of drug-likeness (QED) is 0.372. The predicted molar refractivity (Wildman–Crippen MR) is 133 cm³/mol. The van der Waals surface area contributed by atoms with Crippen molar-refractivity contribution in [2.75, 3.05) is 19.5 Å². The van der Waals surface area contributed by atoms with Crippen LogP contribution in [0.2, 0.25) is 0 Å². The van der Waals surface area contributed by atoms with Crippen LogP contribution in [0.5, 0.6) is 11.5 Å². The number of ether oxygens (including phenoxy) is 2. The Bertz CT molecular complexity index is 1590.